The van der Waals surface area contributed by atoms with Crippen molar-refractivity contribution in [2.24, 2.45) is 0 Å². The zero-order valence-electron chi connectivity index (χ0n) is 12.2. The van der Waals surface area contributed by atoms with Gasteiger partial charge in [0, 0.05) is 36.2 Å². The summed E-state index contributed by atoms with van der Waals surface area (Å²) in [6.07, 6.45) is 1.57. The molecule has 0 atom stereocenters. The van der Waals surface area contributed by atoms with Crippen LogP contribution in [-0.4, -0.2) is 61.4 Å². The van der Waals surface area contributed by atoms with E-state index in [0.717, 1.165) is 18.4 Å². The summed E-state index contributed by atoms with van der Waals surface area (Å²) in [7, 11) is 0. The van der Waals surface area contributed by atoms with Gasteiger partial charge in [-0.2, -0.15) is 0 Å². The molecule has 5 nitrogen and oxygen atoms in total. The Morgan fingerprint density at radius 3 is 2.59 bits per heavy atom. The van der Waals surface area contributed by atoms with E-state index in [1.807, 2.05) is 6.07 Å². The first-order valence-electron chi connectivity index (χ1n) is 7.22. The number of benzene rings is 1. The first-order chi connectivity index (χ1) is 10.6. The Kier molecular flexibility index (Phi) is 6.49. The molecule has 0 radical (unpaired) electrons. The Hall–Kier alpha value is -1.30. The van der Waals surface area contributed by atoms with Gasteiger partial charge in [0.1, 0.15) is 0 Å². The van der Waals surface area contributed by atoms with Gasteiger partial charge in [-0.15, -0.1) is 0 Å². The SMILES string of the molecule is O=CN1CCN(C(=O)CNCCc2ccc(Cl)cc2Cl)CC1. The molecule has 1 saturated heterocycles. The highest BCUT2D eigenvalue weighted by Crippen LogP contribution is 2.20. The summed E-state index contributed by atoms with van der Waals surface area (Å²) in [5.41, 5.74) is 1.01. The van der Waals surface area contributed by atoms with Crippen molar-refractivity contribution in [2.45, 2.75) is 6.42 Å². The van der Waals surface area contributed by atoms with Gasteiger partial charge in [-0.3, -0.25) is 9.59 Å². The first-order valence-corrected chi connectivity index (χ1v) is 7.97. The molecule has 0 bridgehead atoms. The number of nitrogens with zero attached hydrogens (tertiary/aromatic N) is 2. The van der Waals surface area contributed by atoms with E-state index in [4.69, 9.17) is 23.2 Å². The largest absolute Gasteiger partial charge is 0.342 e. The normalized spacial score (nSPS) is 15.0. The monoisotopic (exact) mass is 343 g/mol. The van der Waals surface area contributed by atoms with Gasteiger partial charge >= 0.3 is 0 Å². The number of halogens is 2. The van der Waals surface area contributed by atoms with Gasteiger partial charge in [0.15, 0.2) is 0 Å². The minimum absolute atomic E-state index is 0.0627. The lowest BCUT2D eigenvalue weighted by Crippen LogP contribution is -2.50. The van der Waals surface area contributed by atoms with Crippen LogP contribution in [0.4, 0.5) is 0 Å². The average molecular weight is 344 g/mol. The molecule has 0 spiro atoms. The predicted molar refractivity (Wildman–Crippen MR) is 87.3 cm³/mol. The summed E-state index contributed by atoms with van der Waals surface area (Å²) in [5.74, 6) is 0.0627. The molecule has 1 aromatic carbocycles. The van der Waals surface area contributed by atoms with Crippen molar-refractivity contribution in [3.8, 4) is 0 Å². The fourth-order valence-electron chi connectivity index (χ4n) is 2.33. The Balaban J connectivity index is 1.68. The number of carbonyl (C=O) groups excluding carboxylic acids is 2. The quantitative estimate of drug-likeness (QED) is 0.627. The standard InChI is InChI=1S/C15H19Cl2N3O2/c16-13-2-1-12(14(17)9-13)3-4-18-10-15(22)20-7-5-19(11-21)6-8-20/h1-2,9,11,18H,3-8,10H2. The van der Waals surface area contributed by atoms with Crippen LogP contribution in [0.5, 0.6) is 0 Å². The number of nitrogens with one attached hydrogen (secondary N) is 1. The van der Waals surface area contributed by atoms with E-state index in [0.29, 0.717) is 49.3 Å². The van der Waals surface area contributed by atoms with E-state index in [2.05, 4.69) is 5.32 Å². The summed E-state index contributed by atoms with van der Waals surface area (Å²) in [4.78, 5) is 26.1. The molecule has 0 unspecified atom stereocenters. The maximum absolute atomic E-state index is 12.0. The maximum atomic E-state index is 12.0. The molecule has 1 aliphatic rings. The van der Waals surface area contributed by atoms with Crippen LogP contribution in [0.3, 0.4) is 0 Å². The van der Waals surface area contributed by atoms with Crippen molar-refractivity contribution >= 4 is 35.5 Å². The van der Waals surface area contributed by atoms with Crippen molar-refractivity contribution < 1.29 is 9.59 Å². The van der Waals surface area contributed by atoms with E-state index in [-0.39, 0.29) is 5.91 Å². The molecule has 2 rings (SSSR count). The second kappa shape index (κ2) is 8.36. The summed E-state index contributed by atoms with van der Waals surface area (Å²) >= 11 is 12.0. The summed E-state index contributed by atoms with van der Waals surface area (Å²) in [5, 5.41) is 4.39. The fourth-order valence-corrected chi connectivity index (χ4v) is 2.83. The number of piperazine rings is 1. The van der Waals surface area contributed by atoms with Crippen LogP contribution in [0.1, 0.15) is 5.56 Å². The van der Waals surface area contributed by atoms with Gasteiger partial charge in [0.25, 0.3) is 0 Å². The highest BCUT2D eigenvalue weighted by Gasteiger charge is 2.19. The van der Waals surface area contributed by atoms with Crippen LogP contribution < -0.4 is 5.32 Å². The molecule has 1 heterocycles. The number of hydrogen-bond donors (Lipinski definition) is 1. The smallest absolute Gasteiger partial charge is 0.236 e. The summed E-state index contributed by atoms with van der Waals surface area (Å²) in [6, 6.07) is 5.42. The number of rotatable bonds is 6. The van der Waals surface area contributed by atoms with E-state index >= 15 is 0 Å². The third kappa shape index (κ3) is 4.87. The molecule has 22 heavy (non-hydrogen) atoms. The first kappa shape index (κ1) is 17.1. The minimum Gasteiger partial charge on any atom is -0.342 e. The van der Waals surface area contributed by atoms with Gasteiger partial charge in [-0.25, -0.2) is 0 Å². The van der Waals surface area contributed by atoms with Crippen LogP contribution in [0.2, 0.25) is 10.0 Å². The van der Waals surface area contributed by atoms with Gasteiger partial charge in [-0.1, -0.05) is 29.3 Å². The van der Waals surface area contributed by atoms with Gasteiger partial charge in [0.2, 0.25) is 12.3 Å². The molecule has 7 heteroatoms. The summed E-state index contributed by atoms with van der Waals surface area (Å²) < 4.78 is 0. The number of amides is 2. The minimum atomic E-state index is 0.0627. The Morgan fingerprint density at radius 2 is 1.95 bits per heavy atom. The zero-order chi connectivity index (χ0) is 15.9. The molecular formula is C15H19Cl2N3O2. The van der Waals surface area contributed by atoms with Crippen molar-refractivity contribution in [3.63, 3.8) is 0 Å². The number of carbonyl (C=O) groups is 2. The van der Waals surface area contributed by atoms with E-state index < -0.39 is 0 Å². The van der Waals surface area contributed by atoms with E-state index in [1.165, 1.54) is 0 Å². The van der Waals surface area contributed by atoms with E-state index in [1.54, 1.807) is 21.9 Å². The van der Waals surface area contributed by atoms with Gasteiger partial charge in [-0.05, 0) is 30.7 Å². The van der Waals surface area contributed by atoms with Gasteiger partial charge < -0.3 is 15.1 Å². The third-order valence-electron chi connectivity index (χ3n) is 3.68. The van der Waals surface area contributed by atoms with E-state index in [9.17, 15) is 9.59 Å². The molecule has 0 aliphatic carbocycles. The van der Waals surface area contributed by atoms with Crippen molar-refractivity contribution in [2.75, 3.05) is 39.3 Å². The Bertz CT molecular complexity index is 532. The van der Waals surface area contributed by atoms with Gasteiger partial charge in [0.05, 0.1) is 6.54 Å². The molecular weight excluding hydrogens is 325 g/mol. The van der Waals surface area contributed by atoms with Crippen LogP contribution in [-0.2, 0) is 16.0 Å². The molecule has 0 saturated carbocycles. The average Bonchev–Trinajstić information content (AvgIpc) is 2.53. The molecule has 1 N–H and O–H groups in total. The molecule has 0 aromatic heterocycles. The zero-order valence-corrected chi connectivity index (χ0v) is 13.7. The third-order valence-corrected chi connectivity index (χ3v) is 4.27. The summed E-state index contributed by atoms with van der Waals surface area (Å²) in [6.45, 7) is 3.38. The molecule has 1 aliphatic heterocycles. The second-order valence-electron chi connectivity index (χ2n) is 5.18. The second-order valence-corrected chi connectivity index (χ2v) is 6.03. The van der Waals surface area contributed by atoms with Crippen molar-refractivity contribution in [1.82, 2.24) is 15.1 Å². The predicted octanol–water partition coefficient (Wildman–Crippen LogP) is 1.43. The van der Waals surface area contributed by atoms with Crippen LogP contribution >= 0.6 is 23.2 Å². The van der Waals surface area contributed by atoms with Crippen LogP contribution in [0.15, 0.2) is 18.2 Å². The fraction of sp³-hybridized carbons (Fsp3) is 0.467. The Labute approximate surface area is 140 Å². The van der Waals surface area contributed by atoms with Crippen LogP contribution in [0, 0.1) is 0 Å². The molecule has 120 valence electrons. The highest BCUT2D eigenvalue weighted by molar-refractivity contribution is 6.35. The highest BCUT2D eigenvalue weighted by atomic mass is 35.5. The Morgan fingerprint density at radius 1 is 1.23 bits per heavy atom. The van der Waals surface area contributed by atoms with Crippen LogP contribution in [0.25, 0.3) is 0 Å². The molecule has 2 amide bonds. The number of hydrogen-bond acceptors (Lipinski definition) is 3. The lowest BCUT2D eigenvalue weighted by molar-refractivity contribution is -0.134. The topological polar surface area (TPSA) is 52.7 Å². The maximum Gasteiger partial charge on any atom is 0.236 e. The lowest BCUT2D eigenvalue weighted by atomic mass is 10.1. The molecule has 1 aromatic rings. The molecule has 1 fully saturated rings. The van der Waals surface area contributed by atoms with Crippen molar-refractivity contribution in [1.29, 1.82) is 0 Å². The lowest BCUT2D eigenvalue weighted by Gasteiger charge is -2.32. The van der Waals surface area contributed by atoms with Crippen molar-refractivity contribution in [3.05, 3.63) is 33.8 Å².